The Labute approximate surface area is 228 Å². The number of alkyl halides is 3. The summed E-state index contributed by atoms with van der Waals surface area (Å²) < 4.78 is 61.5. The molecule has 5 rings (SSSR count). The third-order valence-electron chi connectivity index (χ3n) is 6.89. The number of aliphatic hydroxyl groups excluding tert-OH is 1. The molecule has 0 unspecified atom stereocenters. The summed E-state index contributed by atoms with van der Waals surface area (Å²) in [4.78, 5) is 42.5. The maximum atomic E-state index is 13.8. The van der Waals surface area contributed by atoms with Gasteiger partial charge in [-0.2, -0.15) is 13.2 Å². The Balaban J connectivity index is 1.60. The van der Waals surface area contributed by atoms with E-state index in [0.29, 0.717) is 6.07 Å². The number of benzene rings is 2. The number of rotatable bonds is 4. The fourth-order valence-electron chi connectivity index (χ4n) is 4.92. The van der Waals surface area contributed by atoms with Crippen LogP contribution in [0.5, 0.6) is 17.2 Å². The number of ketones is 2. The van der Waals surface area contributed by atoms with Crippen LogP contribution in [0.2, 0.25) is 5.02 Å². The van der Waals surface area contributed by atoms with Crippen LogP contribution in [0.15, 0.2) is 55.9 Å². The van der Waals surface area contributed by atoms with Gasteiger partial charge < -0.3 is 23.7 Å². The molecule has 0 fully saturated rings. The number of Topliss-reactive ketones (excluding diaryl/α,β-unsaturated/α-hetero) is 2. The summed E-state index contributed by atoms with van der Waals surface area (Å²) in [6.45, 7) is 1.55. The lowest BCUT2D eigenvalue weighted by atomic mass is 9.73. The van der Waals surface area contributed by atoms with Crippen molar-refractivity contribution in [3.05, 3.63) is 68.2 Å². The zero-order chi connectivity index (χ0) is 29.1. The molecular formula is C27H19ClF3NO8. The van der Waals surface area contributed by atoms with Crippen LogP contribution in [0.1, 0.15) is 29.3 Å². The normalized spacial score (nSPS) is 20.9. The lowest BCUT2D eigenvalue weighted by Crippen LogP contribution is -2.52. The summed E-state index contributed by atoms with van der Waals surface area (Å²) in [5.41, 5.74) is -5.18. The van der Waals surface area contributed by atoms with Crippen LogP contribution in [0, 0.1) is 5.92 Å². The first-order chi connectivity index (χ1) is 18.8. The van der Waals surface area contributed by atoms with Crippen molar-refractivity contribution in [2.24, 2.45) is 10.9 Å². The van der Waals surface area contributed by atoms with Crippen molar-refractivity contribution in [3.8, 4) is 17.2 Å². The van der Waals surface area contributed by atoms with Crippen molar-refractivity contribution in [2.75, 3.05) is 14.2 Å². The molecule has 3 aromatic rings. The standard InChI is InChI=1S/C27H19ClF3NO8/c1-11-6-16(33)14(10-32-12-4-5-13-15(27(29,30)31)8-20(34)39-17(13)7-12)24(35)26(11)25(36)21-18(37-2)9-19(38-3)22(28)23(21)40-26/h4-5,7-11,35H,6H2,1-3H3/t11-,26+/m1/s1. The Morgan fingerprint density at radius 3 is 2.48 bits per heavy atom. The number of allylic oxidation sites excluding steroid dienone is 1. The minimum Gasteiger partial charge on any atom is -0.507 e. The lowest BCUT2D eigenvalue weighted by molar-refractivity contribution is -0.136. The van der Waals surface area contributed by atoms with Gasteiger partial charge in [0.15, 0.2) is 17.3 Å². The Morgan fingerprint density at radius 2 is 1.82 bits per heavy atom. The molecule has 9 nitrogen and oxygen atoms in total. The number of carbonyl (C=O) groups is 2. The van der Waals surface area contributed by atoms with Crippen molar-refractivity contribution in [3.63, 3.8) is 0 Å². The van der Waals surface area contributed by atoms with Crippen LogP contribution in [0.3, 0.4) is 0 Å². The van der Waals surface area contributed by atoms with Gasteiger partial charge in [-0.1, -0.05) is 18.5 Å². The van der Waals surface area contributed by atoms with Gasteiger partial charge in [-0.15, -0.1) is 0 Å². The van der Waals surface area contributed by atoms with E-state index in [4.69, 9.17) is 30.2 Å². The van der Waals surface area contributed by atoms with Crippen molar-refractivity contribution < 1.29 is 46.5 Å². The molecule has 1 aliphatic heterocycles. The second kappa shape index (κ2) is 9.40. The summed E-state index contributed by atoms with van der Waals surface area (Å²) in [6, 6.07) is 5.10. The summed E-state index contributed by atoms with van der Waals surface area (Å²) in [5, 5.41) is 10.9. The largest absolute Gasteiger partial charge is 0.507 e. The summed E-state index contributed by atoms with van der Waals surface area (Å²) in [7, 11) is 2.68. The number of methoxy groups -OCH3 is 2. The zero-order valence-electron chi connectivity index (χ0n) is 21.0. The average Bonchev–Trinajstić information content (AvgIpc) is 3.21. The van der Waals surface area contributed by atoms with Gasteiger partial charge in [0.1, 0.15) is 27.7 Å². The number of aliphatic hydroxyl groups is 1. The van der Waals surface area contributed by atoms with Crippen LogP contribution in [0.25, 0.3) is 11.0 Å². The number of halogens is 4. The monoisotopic (exact) mass is 577 g/mol. The van der Waals surface area contributed by atoms with Crippen LogP contribution >= 0.6 is 11.6 Å². The predicted octanol–water partition coefficient (Wildman–Crippen LogP) is 5.62. The van der Waals surface area contributed by atoms with E-state index in [0.717, 1.165) is 18.3 Å². The molecular weight excluding hydrogens is 559 g/mol. The Bertz CT molecular complexity index is 1730. The predicted molar refractivity (Wildman–Crippen MR) is 136 cm³/mol. The number of nitrogens with zero attached hydrogens (tertiary/aromatic N) is 1. The number of hydrogen-bond acceptors (Lipinski definition) is 9. The molecule has 2 aromatic carbocycles. The van der Waals surface area contributed by atoms with E-state index in [1.807, 2.05) is 0 Å². The number of fused-ring (bicyclic) bond motifs is 2. The molecule has 0 saturated heterocycles. The molecule has 2 aliphatic rings. The molecule has 2 atom stereocenters. The maximum absolute atomic E-state index is 13.8. The van der Waals surface area contributed by atoms with Gasteiger partial charge >= 0.3 is 11.8 Å². The van der Waals surface area contributed by atoms with Gasteiger partial charge in [0.25, 0.3) is 0 Å². The van der Waals surface area contributed by atoms with E-state index in [1.165, 1.54) is 26.4 Å². The van der Waals surface area contributed by atoms with E-state index >= 15 is 0 Å². The van der Waals surface area contributed by atoms with Gasteiger partial charge in [0.2, 0.25) is 11.4 Å². The van der Waals surface area contributed by atoms with E-state index in [9.17, 15) is 32.7 Å². The maximum Gasteiger partial charge on any atom is 0.417 e. The first-order valence-electron chi connectivity index (χ1n) is 11.7. The fourth-order valence-corrected chi connectivity index (χ4v) is 5.18. The van der Waals surface area contributed by atoms with E-state index in [2.05, 4.69) is 4.99 Å². The van der Waals surface area contributed by atoms with Gasteiger partial charge in [0.05, 0.1) is 31.0 Å². The first kappa shape index (κ1) is 27.3. The molecule has 0 amide bonds. The van der Waals surface area contributed by atoms with Crippen LogP contribution in [-0.2, 0) is 11.0 Å². The molecule has 208 valence electrons. The van der Waals surface area contributed by atoms with Gasteiger partial charge in [0, 0.05) is 42.1 Å². The summed E-state index contributed by atoms with van der Waals surface area (Å²) in [5.74, 6) is -2.65. The number of carbonyl (C=O) groups excluding carboxylic acids is 2. The molecule has 13 heteroatoms. The number of ether oxygens (including phenoxy) is 3. The van der Waals surface area contributed by atoms with Crippen LogP contribution in [-0.4, -0.2) is 42.7 Å². The third kappa shape index (κ3) is 4.01. The SMILES string of the molecule is COc1cc(OC)c2c(c1Cl)O[C@]1(C2=O)C(O)=C(C=Nc2ccc3c(C(F)(F)F)cc(=O)oc3c2)C(=O)C[C@H]1C. The number of hydrogen-bond donors (Lipinski definition) is 1. The highest BCUT2D eigenvalue weighted by molar-refractivity contribution is 6.35. The fraction of sp³-hybridized carbons (Fsp3) is 0.259. The molecule has 1 aliphatic carbocycles. The van der Waals surface area contributed by atoms with Crippen molar-refractivity contribution in [1.82, 2.24) is 0 Å². The molecule has 0 bridgehead atoms. The molecule has 0 radical (unpaired) electrons. The number of aliphatic imine (C=N–C) groups is 1. The minimum atomic E-state index is -4.80. The van der Waals surface area contributed by atoms with Crippen LogP contribution < -0.4 is 19.8 Å². The van der Waals surface area contributed by atoms with Crippen molar-refractivity contribution >= 4 is 46.0 Å². The zero-order valence-corrected chi connectivity index (χ0v) is 21.8. The topological polar surface area (TPSA) is 125 Å². The van der Waals surface area contributed by atoms with E-state index in [1.54, 1.807) is 6.92 Å². The third-order valence-corrected chi connectivity index (χ3v) is 7.25. The second-order valence-electron chi connectivity index (χ2n) is 9.17. The molecule has 1 N–H and O–H groups in total. The molecule has 1 aromatic heterocycles. The highest BCUT2D eigenvalue weighted by Crippen LogP contribution is 2.54. The van der Waals surface area contributed by atoms with Gasteiger partial charge in [-0.25, -0.2) is 4.79 Å². The second-order valence-corrected chi connectivity index (χ2v) is 9.55. The smallest absolute Gasteiger partial charge is 0.417 e. The van der Waals surface area contributed by atoms with Crippen molar-refractivity contribution in [1.29, 1.82) is 0 Å². The Morgan fingerprint density at radius 1 is 1.12 bits per heavy atom. The van der Waals surface area contributed by atoms with E-state index < -0.39 is 46.2 Å². The lowest BCUT2D eigenvalue weighted by Gasteiger charge is -2.36. The van der Waals surface area contributed by atoms with Gasteiger partial charge in [-0.05, 0) is 12.1 Å². The summed E-state index contributed by atoms with van der Waals surface area (Å²) in [6.07, 6.45) is -4.04. The highest BCUT2D eigenvalue weighted by Gasteiger charge is 2.60. The first-order valence-corrected chi connectivity index (χ1v) is 12.1. The molecule has 1 spiro atoms. The highest BCUT2D eigenvalue weighted by atomic mass is 35.5. The molecule has 40 heavy (non-hydrogen) atoms. The molecule has 0 saturated carbocycles. The van der Waals surface area contributed by atoms with Crippen LogP contribution in [0.4, 0.5) is 18.9 Å². The quantitative estimate of drug-likeness (QED) is 0.313. The Hall–Kier alpha value is -4.32. The van der Waals surface area contributed by atoms with E-state index in [-0.39, 0.29) is 56.5 Å². The Kier molecular flexibility index (Phi) is 6.41. The van der Waals surface area contributed by atoms with Crippen molar-refractivity contribution in [2.45, 2.75) is 25.1 Å². The molecule has 2 heterocycles. The van der Waals surface area contributed by atoms with Gasteiger partial charge in [-0.3, -0.25) is 14.6 Å². The minimum absolute atomic E-state index is 0.00662. The average molecular weight is 578 g/mol. The summed E-state index contributed by atoms with van der Waals surface area (Å²) >= 11 is 6.40.